The van der Waals surface area contributed by atoms with Crippen LogP contribution in [0.3, 0.4) is 0 Å². The first-order valence-electron chi connectivity index (χ1n) is 14.5. The summed E-state index contributed by atoms with van der Waals surface area (Å²) in [5.41, 5.74) is 5.33. The Kier molecular flexibility index (Phi) is 8.30. The minimum atomic E-state index is -2.12. The van der Waals surface area contributed by atoms with E-state index < -0.39 is 8.32 Å². The van der Waals surface area contributed by atoms with Crippen molar-refractivity contribution < 1.29 is 13.6 Å². The van der Waals surface area contributed by atoms with E-state index >= 15 is 0 Å². The Morgan fingerprint density at radius 1 is 0.805 bits per heavy atom. The lowest BCUT2D eigenvalue weighted by molar-refractivity contribution is -0.131. The zero-order chi connectivity index (χ0) is 29.2. The molecule has 1 fully saturated rings. The first kappa shape index (κ1) is 29.0. The van der Waals surface area contributed by atoms with Gasteiger partial charge >= 0.3 is 0 Å². The molecule has 5 heteroatoms. The van der Waals surface area contributed by atoms with Crippen LogP contribution >= 0.6 is 0 Å². The number of rotatable bonds is 9. The number of carbonyl (C=O) groups is 1. The van der Waals surface area contributed by atoms with Gasteiger partial charge in [-0.2, -0.15) is 0 Å². The van der Waals surface area contributed by atoms with E-state index in [-0.39, 0.29) is 34.8 Å². The van der Waals surface area contributed by atoms with Crippen molar-refractivity contribution in [2.45, 2.75) is 63.9 Å². The monoisotopic (exact) mass is 565 g/mol. The van der Waals surface area contributed by atoms with Gasteiger partial charge in [0, 0.05) is 5.69 Å². The molecule has 5 rings (SSSR count). The summed E-state index contributed by atoms with van der Waals surface area (Å²) >= 11 is 0. The van der Waals surface area contributed by atoms with Crippen molar-refractivity contribution in [3.05, 3.63) is 126 Å². The Labute approximate surface area is 245 Å². The van der Waals surface area contributed by atoms with Gasteiger partial charge in [-0.05, 0) is 77.5 Å². The van der Waals surface area contributed by atoms with E-state index in [0.717, 1.165) is 22.4 Å². The highest BCUT2D eigenvalue weighted by molar-refractivity contribution is 6.74. The molecule has 212 valence electrons. The van der Waals surface area contributed by atoms with E-state index in [9.17, 15) is 9.18 Å². The largest absolute Gasteiger partial charge is 0.410 e. The van der Waals surface area contributed by atoms with Crippen molar-refractivity contribution in [1.82, 2.24) is 0 Å². The van der Waals surface area contributed by atoms with Gasteiger partial charge in [-0.3, -0.25) is 4.79 Å². The second-order valence-corrected chi connectivity index (χ2v) is 17.3. The Bertz CT molecular complexity index is 1450. The number of para-hydroxylation sites is 1. The second kappa shape index (κ2) is 11.7. The van der Waals surface area contributed by atoms with Crippen LogP contribution in [0.4, 0.5) is 10.1 Å². The van der Waals surface area contributed by atoms with Crippen molar-refractivity contribution >= 4 is 19.9 Å². The number of hydrogen-bond acceptors (Lipinski definition) is 2. The minimum absolute atomic E-state index is 0.0325. The van der Waals surface area contributed by atoms with Gasteiger partial charge in [0.1, 0.15) is 5.82 Å². The molecule has 1 heterocycles. The molecule has 0 saturated carbocycles. The van der Waals surface area contributed by atoms with Crippen LogP contribution in [0.1, 0.15) is 56.9 Å². The van der Waals surface area contributed by atoms with Gasteiger partial charge in [-0.1, -0.05) is 106 Å². The number of hydrogen-bond donors (Lipinski definition) is 0. The number of nitrogens with zero attached hydrogens (tertiary/aromatic N) is 1. The molecule has 0 N–H and O–H groups in total. The molecule has 0 spiro atoms. The van der Waals surface area contributed by atoms with Gasteiger partial charge in [-0.25, -0.2) is 4.39 Å². The summed E-state index contributed by atoms with van der Waals surface area (Å²) in [6.07, 6.45) is 1.18. The molecular weight excluding hydrogens is 525 g/mol. The van der Waals surface area contributed by atoms with Gasteiger partial charge < -0.3 is 9.33 Å². The predicted octanol–water partition coefficient (Wildman–Crippen LogP) is 9.74. The first-order valence-corrected chi connectivity index (χ1v) is 17.4. The van der Waals surface area contributed by atoms with Crippen LogP contribution < -0.4 is 4.90 Å². The number of benzene rings is 4. The molecular formula is C36H40FNO2Si. The van der Waals surface area contributed by atoms with Crippen LogP contribution in [0.2, 0.25) is 18.1 Å². The molecule has 0 aliphatic carbocycles. The van der Waals surface area contributed by atoms with Crippen LogP contribution in [0.25, 0.3) is 11.1 Å². The lowest BCUT2D eigenvalue weighted by Crippen LogP contribution is -2.55. The van der Waals surface area contributed by atoms with Crippen LogP contribution in [0, 0.1) is 11.7 Å². The molecule has 1 amide bonds. The summed E-state index contributed by atoms with van der Waals surface area (Å²) in [5, 5.41) is 0.0325. The summed E-state index contributed by atoms with van der Waals surface area (Å²) in [4.78, 5) is 15.7. The third kappa shape index (κ3) is 6.21. The highest BCUT2D eigenvalue weighted by Crippen LogP contribution is 2.48. The summed E-state index contributed by atoms with van der Waals surface area (Å²) in [6.45, 7) is 11.2. The van der Waals surface area contributed by atoms with Crippen LogP contribution in [0.5, 0.6) is 0 Å². The fraction of sp³-hybridized carbons (Fsp3) is 0.306. The van der Waals surface area contributed by atoms with Crippen LogP contribution in [-0.4, -0.2) is 14.2 Å². The molecule has 3 atom stereocenters. The van der Waals surface area contributed by atoms with Gasteiger partial charge in [0.2, 0.25) is 5.91 Å². The molecule has 4 aromatic carbocycles. The molecule has 1 aliphatic heterocycles. The van der Waals surface area contributed by atoms with E-state index in [1.165, 1.54) is 17.7 Å². The third-order valence-corrected chi connectivity index (χ3v) is 13.3. The van der Waals surface area contributed by atoms with Crippen LogP contribution in [0.15, 0.2) is 109 Å². The zero-order valence-electron chi connectivity index (χ0n) is 24.7. The maximum atomic E-state index is 13.8. The van der Waals surface area contributed by atoms with Gasteiger partial charge in [0.15, 0.2) is 8.32 Å². The Balaban J connectivity index is 1.42. The number of carbonyl (C=O) groups excluding carboxylic acids is 1. The van der Waals surface area contributed by atoms with Gasteiger partial charge in [0.25, 0.3) is 0 Å². The van der Waals surface area contributed by atoms with Crippen LogP contribution in [-0.2, 0) is 9.22 Å². The average molecular weight is 566 g/mol. The number of halogens is 1. The molecule has 4 aromatic rings. The topological polar surface area (TPSA) is 29.5 Å². The maximum Gasteiger partial charge on any atom is 0.233 e. The predicted molar refractivity (Wildman–Crippen MR) is 169 cm³/mol. The highest BCUT2D eigenvalue weighted by Gasteiger charge is 2.49. The van der Waals surface area contributed by atoms with Crippen molar-refractivity contribution in [1.29, 1.82) is 0 Å². The van der Waals surface area contributed by atoms with Crippen molar-refractivity contribution in [2.24, 2.45) is 5.92 Å². The molecule has 3 nitrogen and oxygen atoms in total. The number of anilines is 1. The highest BCUT2D eigenvalue weighted by atomic mass is 28.4. The summed E-state index contributed by atoms with van der Waals surface area (Å²) in [6, 6.07) is 35.5. The lowest BCUT2D eigenvalue weighted by Gasteiger charge is -2.48. The summed E-state index contributed by atoms with van der Waals surface area (Å²) in [5.74, 6) is -0.284. The SMILES string of the molecule is CC(C)(C)[Si](C)(C)O[C@@H](CC[C@H]1C(=O)N(c2ccccc2)[C@@H]1c1ccc(-c2ccccc2)cc1)c1ccc(F)cc1. The van der Waals surface area contributed by atoms with Crippen molar-refractivity contribution in [3.8, 4) is 11.1 Å². The smallest absolute Gasteiger partial charge is 0.233 e. The van der Waals surface area contributed by atoms with Crippen molar-refractivity contribution in [3.63, 3.8) is 0 Å². The van der Waals surface area contributed by atoms with E-state index in [1.807, 2.05) is 65.6 Å². The Morgan fingerprint density at radius 3 is 1.95 bits per heavy atom. The molecule has 0 aromatic heterocycles. The molecule has 0 radical (unpaired) electrons. The maximum absolute atomic E-state index is 13.8. The second-order valence-electron chi connectivity index (χ2n) is 12.6. The molecule has 41 heavy (non-hydrogen) atoms. The zero-order valence-corrected chi connectivity index (χ0v) is 25.7. The summed E-state index contributed by atoms with van der Waals surface area (Å²) in [7, 11) is -2.12. The Hall–Kier alpha value is -3.54. The average Bonchev–Trinajstić information content (AvgIpc) is 2.96. The van der Waals surface area contributed by atoms with Gasteiger partial charge in [0.05, 0.1) is 18.1 Å². The Morgan fingerprint density at radius 2 is 1.37 bits per heavy atom. The van der Waals surface area contributed by atoms with E-state index in [0.29, 0.717) is 12.8 Å². The van der Waals surface area contributed by atoms with Crippen molar-refractivity contribution in [2.75, 3.05) is 4.90 Å². The number of amides is 1. The quantitative estimate of drug-likeness (QED) is 0.149. The summed E-state index contributed by atoms with van der Waals surface area (Å²) < 4.78 is 20.7. The number of β-lactam (4-membered cyclic amide) rings is 1. The van der Waals surface area contributed by atoms with E-state index in [2.05, 4.69) is 70.3 Å². The standard InChI is InChI=1S/C36H40FNO2Si/c1-36(2,3)41(4,5)40-33(28-20-22-30(37)23-21-28)25-24-32-34(38(35(32)39)31-14-10-7-11-15-31)29-18-16-27(17-19-29)26-12-8-6-9-13-26/h6-23,32-34H,24-25H2,1-5H3/t32-,33+,34-/m1/s1. The third-order valence-electron chi connectivity index (χ3n) is 8.83. The lowest BCUT2D eigenvalue weighted by atomic mass is 9.78. The first-order chi connectivity index (χ1) is 19.5. The fourth-order valence-corrected chi connectivity index (χ4v) is 6.74. The normalized spacial score (nSPS) is 18.2. The van der Waals surface area contributed by atoms with E-state index in [4.69, 9.17) is 4.43 Å². The minimum Gasteiger partial charge on any atom is -0.410 e. The fourth-order valence-electron chi connectivity index (χ4n) is 5.43. The molecule has 1 saturated heterocycles. The molecule has 0 bridgehead atoms. The van der Waals surface area contributed by atoms with Gasteiger partial charge in [-0.15, -0.1) is 0 Å². The molecule has 0 unspecified atom stereocenters. The van der Waals surface area contributed by atoms with E-state index in [1.54, 1.807) is 0 Å². The molecule has 1 aliphatic rings.